The van der Waals surface area contributed by atoms with Crippen molar-refractivity contribution in [3.05, 3.63) is 27.5 Å². The molecule has 70 valence electrons. The number of aromatic nitrogens is 1. The molecule has 3 nitrogen and oxygen atoms in total. The zero-order valence-corrected chi connectivity index (χ0v) is 8.60. The summed E-state index contributed by atoms with van der Waals surface area (Å²) in [6, 6.07) is 1.70. The highest BCUT2D eigenvalue weighted by atomic mass is 32.1. The first-order valence-corrected chi connectivity index (χ1v) is 4.26. The maximum Gasteiger partial charge on any atom is 0.338 e. The number of carboxylic acid groups (broad SMARTS) is 1. The number of hydrogen-bond donors (Lipinski definition) is 1. The lowest BCUT2D eigenvalue weighted by molar-refractivity contribution is 0.0694. The molecule has 0 bridgehead atoms. The van der Waals surface area contributed by atoms with Crippen LogP contribution < -0.4 is 0 Å². The fourth-order valence-electron chi connectivity index (χ4n) is 1.23. The Morgan fingerprint density at radius 1 is 1.54 bits per heavy atom. The van der Waals surface area contributed by atoms with E-state index in [1.807, 2.05) is 18.5 Å². The SMILES string of the molecule is Cc1cc(=S)c(C(=O)O)c(C)n1C. The molecule has 0 saturated heterocycles. The highest BCUT2D eigenvalue weighted by Gasteiger charge is 2.11. The molecule has 0 unspecified atom stereocenters. The number of hydrogen-bond acceptors (Lipinski definition) is 2. The molecule has 4 heteroatoms. The Bertz CT molecular complexity index is 420. The zero-order chi connectivity index (χ0) is 10.2. The number of carboxylic acids is 1. The molecule has 1 aromatic rings. The van der Waals surface area contributed by atoms with Gasteiger partial charge in [0.05, 0.1) is 10.1 Å². The summed E-state index contributed by atoms with van der Waals surface area (Å²) in [6.45, 7) is 3.65. The fraction of sp³-hybridized carbons (Fsp3) is 0.333. The minimum absolute atomic E-state index is 0.225. The van der Waals surface area contributed by atoms with Gasteiger partial charge in [0.1, 0.15) is 0 Å². The van der Waals surface area contributed by atoms with Crippen molar-refractivity contribution in [3.63, 3.8) is 0 Å². The van der Waals surface area contributed by atoms with Crippen molar-refractivity contribution in [2.75, 3.05) is 0 Å². The smallest absolute Gasteiger partial charge is 0.338 e. The molecule has 1 rings (SSSR count). The fourth-order valence-corrected chi connectivity index (χ4v) is 1.63. The van der Waals surface area contributed by atoms with Gasteiger partial charge in [0, 0.05) is 18.4 Å². The third kappa shape index (κ3) is 1.62. The van der Waals surface area contributed by atoms with Crippen LogP contribution in [0.25, 0.3) is 0 Å². The number of aromatic carboxylic acids is 1. The van der Waals surface area contributed by atoms with Gasteiger partial charge in [-0.05, 0) is 19.9 Å². The Balaban J connectivity index is 3.63. The van der Waals surface area contributed by atoms with Gasteiger partial charge in [0.25, 0.3) is 0 Å². The van der Waals surface area contributed by atoms with Gasteiger partial charge in [-0.25, -0.2) is 4.79 Å². The minimum atomic E-state index is -0.960. The van der Waals surface area contributed by atoms with Crippen LogP contribution in [0.4, 0.5) is 0 Å². The van der Waals surface area contributed by atoms with E-state index in [2.05, 4.69) is 0 Å². The van der Waals surface area contributed by atoms with Crippen molar-refractivity contribution in [2.45, 2.75) is 13.8 Å². The molecule has 0 aliphatic rings. The van der Waals surface area contributed by atoms with Gasteiger partial charge in [0.15, 0.2) is 0 Å². The van der Waals surface area contributed by atoms with Crippen molar-refractivity contribution in [2.24, 2.45) is 7.05 Å². The first-order valence-electron chi connectivity index (χ1n) is 3.85. The third-order valence-electron chi connectivity index (χ3n) is 2.19. The van der Waals surface area contributed by atoms with Crippen LogP contribution in [0, 0.1) is 18.4 Å². The summed E-state index contributed by atoms with van der Waals surface area (Å²) < 4.78 is 2.22. The number of nitrogens with zero attached hydrogens (tertiary/aromatic N) is 1. The van der Waals surface area contributed by atoms with Crippen LogP contribution in [-0.4, -0.2) is 15.6 Å². The lowest BCUT2D eigenvalue weighted by Gasteiger charge is -2.11. The van der Waals surface area contributed by atoms with Gasteiger partial charge in [-0.3, -0.25) is 0 Å². The second kappa shape index (κ2) is 3.30. The van der Waals surface area contributed by atoms with E-state index in [0.717, 1.165) is 5.69 Å². The van der Waals surface area contributed by atoms with E-state index >= 15 is 0 Å². The average molecular weight is 197 g/mol. The summed E-state index contributed by atoms with van der Waals surface area (Å²) in [4.78, 5) is 10.8. The first-order chi connectivity index (χ1) is 5.95. The quantitative estimate of drug-likeness (QED) is 0.701. The number of rotatable bonds is 1. The second-order valence-electron chi connectivity index (χ2n) is 2.97. The van der Waals surface area contributed by atoms with E-state index in [4.69, 9.17) is 17.3 Å². The lowest BCUT2D eigenvalue weighted by atomic mass is 10.2. The summed E-state index contributed by atoms with van der Waals surface area (Å²) in [5, 5.41) is 8.88. The molecule has 1 aromatic heterocycles. The molecule has 0 fully saturated rings. The molecular weight excluding hydrogens is 186 g/mol. The topological polar surface area (TPSA) is 42.2 Å². The van der Waals surface area contributed by atoms with Gasteiger partial charge in [-0.1, -0.05) is 12.2 Å². The monoisotopic (exact) mass is 197 g/mol. The number of pyridine rings is 1. The molecule has 0 atom stereocenters. The van der Waals surface area contributed by atoms with Crippen LogP contribution in [0.3, 0.4) is 0 Å². The van der Waals surface area contributed by atoms with E-state index < -0.39 is 5.97 Å². The van der Waals surface area contributed by atoms with E-state index in [-0.39, 0.29) is 5.56 Å². The van der Waals surface area contributed by atoms with Gasteiger partial charge < -0.3 is 9.67 Å². The summed E-state index contributed by atoms with van der Waals surface area (Å²) in [7, 11) is 1.83. The molecule has 13 heavy (non-hydrogen) atoms. The molecule has 0 aliphatic carbocycles. The molecule has 0 aromatic carbocycles. The second-order valence-corrected chi connectivity index (χ2v) is 3.41. The third-order valence-corrected chi connectivity index (χ3v) is 2.52. The predicted molar refractivity (Wildman–Crippen MR) is 52.7 cm³/mol. The van der Waals surface area contributed by atoms with Gasteiger partial charge in [-0.2, -0.15) is 0 Å². The van der Waals surface area contributed by atoms with Crippen molar-refractivity contribution in [1.82, 2.24) is 4.57 Å². The van der Waals surface area contributed by atoms with Crippen molar-refractivity contribution < 1.29 is 9.90 Å². The van der Waals surface area contributed by atoms with Crippen LogP contribution >= 0.6 is 12.2 Å². The van der Waals surface area contributed by atoms with E-state index in [1.165, 1.54) is 0 Å². The van der Waals surface area contributed by atoms with Crippen molar-refractivity contribution in [1.29, 1.82) is 0 Å². The Labute approximate surface area is 81.6 Å². The minimum Gasteiger partial charge on any atom is -0.478 e. The highest BCUT2D eigenvalue weighted by molar-refractivity contribution is 7.71. The van der Waals surface area contributed by atoms with Crippen LogP contribution in [0.5, 0.6) is 0 Å². The molecule has 1 heterocycles. The molecule has 0 aliphatic heterocycles. The number of carbonyl (C=O) groups is 1. The Morgan fingerprint density at radius 2 is 2.08 bits per heavy atom. The standard InChI is InChI=1S/C9H11NO2S/c1-5-4-7(13)8(9(11)12)6(2)10(5)3/h4H,1-3H3,(H,11,12). The number of aryl methyl sites for hydroxylation is 1. The lowest BCUT2D eigenvalue weighted by Crippen LogP contribution is -2.10. The Morgan fingerprint density at radius 3 is 2.54 bits per heavy atom. The molecule has 1 N–H and O–H groups in total. The van der Waals surface area contributed by atoms with Crippen LogP contribution in [0.15, 0.2) is 6.07 Å². The molecule has 0 radical (unpaired) electrons. The first kappa shape index (κ1) is 9.92. The van der Waals surface area contributed by atoms with Crippen molar-refractivity contribution in [3.8, 4) is 0 Å². The van der Waals surface area contributed by atoms with Gasteiger partial charge >= 0.3 is 5.97 Å². The predicted octanol–water partition coefficient (Wildman–Crippen LogP) is 2.07. The van der Waals surface area contributed by atoms with Crippen LogP contribution in [-0.2, 0) is 7.05 Å². The summed E-state index contributed by atoms with van der Waals surface area (Å²) in [6.07, 6.45) is 0. The Kier molecular flexibility index (Phi) is 2.52. The Hall–Kier alpha value is -1.16. The largest absolute Gasteiger partial charge is 0.478 e. The van der Waals surface area contributed by atoms with E-state index in [9.17, 15) is 4.79 Å². The molecular formula is C9H11NO2S. The highest BCUT2D eigenvalue weighted by Crippen LogP contribution is 2.12. The molecule has 0 saturated carbocycles. The maximum absolute atomic E-state index is 10.8. The van der Waals surface area contributed by atoms with E-state index in [0.29, 0.717) is 10.2 Å². The summed E-state index contributed by atoms with van der Waals surface area (Å²) >= 11 is 4.97. The normalized spacial score (nSPS) is 10.1. The van der Waals surface area contributed by atoms with Gasteiger partial charge in [-0.15, -0.1) is 0 Å². The molecule has 0 amide bonds. The van der Waals surface area contributed by atoms with Crippen molar-refractivity contribution >= 4 is 18.2 Å². The van der Waals surface area contributed by atoms with E-state index in [1.54, 1.807) is 13.0 Å². The van der Waals surface area contributed by atoms with Crippen LogP contribution in [0.2, 0.25) is 0 Å². The van der Waals surface area contributed by atoms with Crippen LogP contribution in [0.1, 0.15) is 21.7 Å². The average Bonchev–Trinajstić information content (AvgIpc) is 1.99. The summed E-state index contributed by atoms with van der Waals surface area (Å²) in [5.41, 5.74) is 1.88. The zero-order valence-electron chi connectivity index (χ0n) is 7.79. The van der Waals surface area contributed by atoms with Gasteiger partial charge in [0.2, 0.25) is 0 Å². The summed E-state index contributed by atoms with van der Waals surface area (Å²) in [5.74, 6) is -0.960. The molecule has 0 spiro atoms. The maximum atomic E-state index is 10.8.